The van der Waals surface area contributed by atoms with Gasteiger partial charge in [0.15, 0.2) is 0 Å². The Balaban J connectivity index is 1.72. The van der Waals surface area contributed by atoms with Crippen LogP contribution in [0.3, 0.4) is 0 Å². The number of sulfonamides is 1. The predicted octanol–water partition coefficient (Wildman–Crippen LogP) is 3.81. The van der Waals surface area contributed by atoms with Crippen molar-refractivity contribution in [3.05, 3.63) is 64.1 Å². The van der Waals surface area contributed by atoms with Crippen molar-refractivity contribution >= 4 is 49.7 Å². The molecule has 0 saturated heterocycles. The molecule has 2 N–H and O–H groups in total. The van der Waals surface area contributed by atoms with Crippen LogP contribution in [0.1, 0.15) is 22.3 Å². The van der Waals surface area contributed by atoms with Gasteiger partial charge in [0.2, 0.25) is 5.13 Å². The third-order valence-electron chi connectivity index (χ3n) is 3.53. The van der Waals surface area contributed by atoms with Crippen LogP contribution in [0.4, 0.5) is 10.8 Å². The summed E-state index contributed by atoms with van der Waals surface area (Å²) in [7, 11) is -3.79. The first-order valence-electron chi connectivity index (χ1n) is 7.90. The molecule has 0 aliphatic carbocycles. The number of aryl methyl sites for hydroxylation is 1. The number of halogens is 1. The van der Waals surface area contributed by atoms with Gasteiger partial charge in [-0.2, -0.15) is 0 Å². The van der Waals surface area contributed by atoms with E-state index in [9.17, 15) is 13.2 Å². The summed E-state index contributed by atoms with van der Waals surface area (Å²) in [6.07, 6.45) is 0.680. The predicted molar refractivity (Wildman–Crippen MR) is 106 cm³/mol. The van der Waals surface area contributed by atoms with Crippen LogP contribution >= 0.6 is 22.9 Å². The van der Waals surface area contributed by atoms with Gasteiger partial charge in [-0.1, -0.05) is 42.0 Å². The number of hydrogen-bond acceptors (Lipinski definition) is 6. The summed E-state index contributed by atoms with van der Waals surface area (Å²) in [5.74, 6) is -0.379. The summed E-state index contributed by atoms with van der Waals surface area (Å²) in [5.41, 5.74) is 0.781. The molecule has 0 saturated carbocycles. The van der Waals surface area contributed by atoms with Crippen molar-refractivity contribution in [2.45, 2.75) is 18.2 Å². The summed E-state index contributed by atoms with van der Waals surface area (Å²) in [5, 5.41) is 11.7. The molecule has 27 heavy (non-hydrogen) atoms. The highest BCUT2D eigenvalue weighted by Crippen LogP contribution is 2.22. The average molecular weight is 423 g/mol. The monoisotopic (exact) mass is 422 g/mol. The maximum Gasteiger partial charge on any atom is 0.263 e. The summed E-state index contributed by atoms with van der Waals surface area (Å²) in [6, 6.07) is 12.5. The molecule has 1 amide bonds. The first-order valence-corrected chi connectivity index (χ1v) is 10.6. The summed E-state index contributed by atoms with van der Waals surface area (Å²) in [6.45, 7) is 1.91. The van der Waals surface area contributed by atoms with Crippen LogP contribution in [-0.4, -0.2) is 24.5 Å². The zero-order valence-corrected chi connectivity index (χ0v) is 16.5. The zero-order chi connectivity index (χ0) is 19.4. The minimum Gasteiger partial charge on any atom is -0.322 e. The van der Waals surface area contributed by atoms with Crippen molar-refractivity contribution in [2.75, 3.05) is 10.0 Å². The number of nitrogens with one attached hydrogen (secondary N) is 2. The van der Waals surface area contributed by atoms with Crippen LogP contribution in [-0.2, 0) is 16.4 Å². The minimum atomic E-state index is -3.79. The van der Waals surface area contributed by atoms with Crippen LogP contribution in [0.15, 0.2) is 53.4 Å². The Hall–Kier alpha value is -2.49. The Labute approximate surface area is 165 Å². The SMILES string of the molecule is CCc1nnc(NS(=O)(=O)c2ccc(NC(=O)c3ccccc3Cl)cc2)s1. The molecule has 1 heterocycles. The first-order chi connectivity index (χ1) is 12.9. The van der Waals surface area contributed by atoms with E-state index >= 15 is 0 Å². The molecular weight excluding hydrogens is 408 g/mol. The fourth-order valence-electron chi connectivity index (χ4n) is 2.17. The lowest BCUT2D eigenvalue weighted by Gasteiger charge is -2.08. The van der Waals surface area contributed by atoms with Gasteiger partial charge in [-0.15, -0.1) is 10.2 Å². The Bertz CT molecular complexity index is 1070. The van der Waals surface area contributed by atoms with E-state index in [1.165, 1.54) is 35.6 Å². The molecule has 140 valence electrons. The highest BCUT2D eigenvalue weighted by Gasteiger charge is 2.17. The number of benzene rings is 2. The van der Waals surface area contributed by atoms with Crippen LogP contribution in [0.2, 0.25) is 5.02 Å². The molecular formula is C17H15ClN4O3S2. The number of carbonyl (C=O) groups excluding carboxylic acids is 1. The quantitative estimate of drug-likeness (QED) is 0.629. The summed E-state index contributed by atoms with van der Waals surface area (Å²) >= 11 is 7.18. The molecule has 0 aliphatic heterocycles. The lowest BCUT2D eigenvalue weighted by Crippen LogP contribution is -2.14. The van der Waals surface area contributed by atoms with E-state index in [1.54, 1.807) is 24.3 Å². The number of carbonyl (C=O) groups is 1. The molecule has 0 unspecified atom stereocenters. The normalized spacial score (nSPS) is 11.2. The second-order valence-corrected chi connectivity index (χ2v) is 8.57. The van der Waals surface area contributed by atoms with E-state index < -0.39 is 10.0 Å². The molecule has 2 aromatic carbocycles. The third-order valence-corrected chi connectivity index (χ3v) is 6.33. The van der Waals surface area contributed by atoms with E-state index in [0.717, 1.165) is 5.01 Å². The van der Waals surface area contributed by atoms with Gasteiger partial charge >= 0.3 is 0 Å². The Morgan fingerprint density at radius 3 is 2.44 bits per heavy atom. The minimum absolute atomic E-state index is 0.0477. The third kappa shape index (κ3) is 4.62. The molecule has 10 heteroatoms. The largest absolute Gasteiger partial charge is 0.322 e. The highest BCUT2D eigenvalue weighted by atomic mass is 35.5. The van der Waals surface area contributed by atoms with E-state index in [4.69, 9.17) is 11.6 Å². The van der Waals surface area contributed by atoms with Crippen LogP contribution < -0.4 is 10.0 Å². The second kappa shape index (κ2) is 8.03. The molecule has 3 aromatic rings. The molecule has 0 radical (unpaired) electrons. The number of rotatable bonds is 6. The average Bonchev–Trinajstić information content (AvgIpc) is 3.09. The lowest BCUT2D eigenvalue weighted by atomic mass is 10.2. The van der Waals surface area contributed by atoms with Crippen molar-refractivity contribution in [1.29, 1.82) is 0 Å². The number of nitrogens with zero attached hydrogens (tertiary/aromatic N) is 2. The topological polar surface area (TPSA) is 101 Å². The molecule has 0 spiro atoms. The maximum atomic E-state index is 12.4. The fourth-order valence-corrected chi connectivity index (χ4v) is 4.30. The summed E-state index contributed by atoms with van der Waals surface area (Å²) in [4.78, 5) is 12.3. The number of amides is 1. The Kier molecular flexibility index (Phi) is 5.73. The number of anilines is 2. The van der Waals surface area contributed by atoms with Crippen molar-refractivity contribution in [1.82, 2.24) is 10.2 Å². The zero-order valence-electron chi connectivity index (χ0n) is 14.1. The van der Waals surface area contributed by atoms with Crippen molar-refractivity contribution in [3.8, 4) is 0 Å². The number of aromatic nitrogens is 2. The van der Waals surface area contributed by atoms with Gasteiger partial charge in [0.25, 0.3) is 15.9 Å². The molecule has 7 nitrogen and oxygen atoms in total. The van der Waals surface area contributed by atoms with Crippen LogP contribution in [0.25, 0.3) is 0 Å². The Morgan fingerprint density at radius 2 is 1.81 bits per heavy atom. The molecule has 1 aromatic heterocycles. The van der Waals surface area contributed by atoms with Gasteiger partial charge < -0.3 is 5.32 Å². The smallest absolute Gasteiger partial charge is 0.263 e. The molecule has 0 fully saturated rings. The Morgan fingerprint density at radius 1 is 1.11 bits per heavy atom. The summed E-state index contributed by atoms with van der Waals surface area (Å²) < 4.78 is 27.2. The van der Waals surface area contributed by atoms with Crippen molar-refractivity contribution in [3.63, 3.8) is 0 Å². The van der Waals surface area contributed by atoms with Crippen molar-refractivity contribution in [2.24, 2.45) is 0 Å². The highest BCUT2D eigenvalue weighted by molar-refractivity contribution is 7.93. The van der Waals surface area contributed by atoms with E-state index in [-0.39, 0.29) is 15.9 Å². The number of hydrogen-bond donors (Lipinski definition) is 2. The standard InChI is InChI=1S/C17H15ClN4O3S2/c1-2-15-20-21-17(26-15)22-27(24,25)12-9-7-11(8-10-12)19-16(23)13-5-3-4-6-14(13)18/h3-10H,2H2,1H3,(H,19,23)(H,21,22). The van der Waals surface area contributed by atoms with Gasteiger partial charge in [0.05, 0.1) is 15.5 Å². The molecule has 0 aliphatic rings. The van der Waals surface area contributed by atoms with Gasteiger partial charge in [0.1, 0.15) is 5.01 Å². The van der Waals surface area contributed by atoms with Crippen LogP contribution in [0, 0.1) is 0 Å². The van der Waals surface area contributed by atoms with E-state index in [1.807, 2.05) is 6.92 Å². The van der Waals surface area contributed by atoms with Gasteiger partial charge in [0, 0.05) is 5.69 Å². The maximum absolute atomic E-state index is 12.4. The molecule has 3 rings (SSSR count). The van der Waals surface area contributed by atoms with Crippen LogP contribution in [0.5, 0.6) is 0 Å². The lowest BCUT2D eigenvalue weighted by molar-refractivity contribution is 0.102. The van der Waals surface area contributed by atoms with Gasteiger partial charge in [-0.25, -0.2) is 8.42 Å². The fraction of sp³-hybridized carbons (Fsp3) is 0.118. The van der Waals surface area contributed by atoms with E-state index in [2.05, 4.69) is 20.2 Å². The molecule has 0 bridgehead atoms. The van der Waals surface area contributed by atoms with Gasteiger partial charge in [-0.05, 0) is 42.8 Å². The van der Waals surface area contributed by atoms with Gasteiger partial charge in [-0.3, -0.25) is 9.52 Å². The first kappa shape index (κ1) is 19.3. The molecule has 0 atom stereocenters. The second-order valence-electron chi connectivity index (χ2n) is 5.42. The van der Waals surface area contributed by atoms with Crippen molar-refractivity contribution < 1.29 is 13.2 Å². The van der Waals surface area contributed by atoms with E-state index in [0.29, 0.717) is 22.7 Å².